The first-order valence-electron chi connectivity index (χ1n) is 21.4. The van der Waals surface area contributed by atoms with Crippen LogP contribution in [0.5, 0.6) is 0 Å². The maximum atomic E-state index is 13.6. The Morgan fingerprint density at radius 1 is 0.700 bits per heavy atom. The molecule has 6 saturated heterocycles. The van der Waals surface area contributed by atoms with Gasteiger partial charge in [0, 0.05) is 92.5 Å². The molecule has 7 heterocycles. The molecule has 1 unspecified atom stereocenters. The zero-order valence-electron chi connectivity index (χ0n) is 33.7. The molecule has 3 aromatic rings. The number of nitrogens with one attached hydrogen (secondary N) is 1. The minimum Gasteiger partial charge on any atom is -0.371 e. The van der Waals surface area contributed by atoms with Crippen LogP contribution in [0, 0.1) is 17.4 Å². The molecule has 7 aliphatic heterocycles. The van der Waals surface area contributed by atoms with E-state index in [1.54, 1.807) is 18.2 Å². The molecular formula is C46H49ClN8O5. The second-order valence-electron chi connectivity index (χ2n) is 18.2. The monoisotopic (exact) mass is 828 g/mol. The van der Waals surface area contributed by atoms with Crippen molar-refractivity contribution in [2.24, 2.45) is 10.8 Å². The van der Waals surface area contributed by atoms with Crippen molar-refractivity contribution in [2.45, 2.75) is 63.5 Å². The van der Waals surface area contributed by atoms with Gasteiger partial charge in [-0.3, -0.25) is 39.1 Å². The van der Waals surface area contributed by atoms with Gasteiger partial charge in [-0.25, -0.2) is 4.85 Å². The Bertz CT molecular complexity index is 2320. The second-order valence-corrected chi connectivity index (χ2v) is 18.6. The zero-order valence-corrected chi connectivity index (χ0v) is 34.5. The summed E-state index contributed by atoms with van der Waals surface area (Å²) in [5.41, 5.74) is 5.51. The predicted octanol–water partition coefficient (Wildman–Crippen LogP) is 5.61. The van der Waals surface area contributed by atoms with E-state index in [1.165, 1.54) is 12.1 Å². The van der Waals surface area contributed by atoms with E-state index in [0.717, 1.165) is 119 Å². The largest absolute Gasteiger partial charge is 0.371 e. The van der Waals surface area contributed by atoms with Gasteiger partial charge in [0.15, 0.2) is 0 Å². The van der Waals surface area contributed by atoms with Crippen molar-refractivity contribution in [1.29, 1.82) is 0 Å². The average Bonchev–Trinajstić information content (AvgIpc) is 3.92. The van der Waals surface area contributed by atoms with Gasteiger partial charge in [-0.1, -0.05) is 17.7 Å². The lowest BCUT2D eigenvalue weighted by molar-refractivity contribution is -0.136. The van der Waals surface area contributed by atoms with Gasteiger partial charge in [-0.2, -0.15) is 0 Å². The van der Waals surface area contributed by atoms with Crippen molar-refractivity contribution in [3.05, 3.63) is 93.8 Å². The Balaban J connectivity index is 0.683. The summed E-state index contributed by atoms with van der Waals surface area (Å²) in [6, 6.07) is 18.8. The number of carbonyl (C=O) groups excluding carboxylic acids is 5. The van der Waals surface area contributed by atoms with Gasteiger partial charge in [0.2, 0.25) is 17.5 Å². The summed E-state index contributed by atoms with van der Waals surface area (Å²) in [5.74, 6) is -1.83. The molecule has 13 nitrogen and oxygen atoms in total. The van der Waals surface area contributed by atoms with Crippen molar-refractivity contribution in [1.82, 2.24) is 20.0 Å². The fraction of sp³-hybridized carbons (Fsp3) is 0.478. The topological polar surface area (TPSA) is 121 Å². The van der Waals surface area contributed by atoms with Crippen molar-refractivity contribution in [2.75, 3.05) is 80.1 Å². The second kappa shape index (κ2) is 14.9. The molecule has 0 aromatic heterocycles. The minimum absolute atomic E-state index is 0.0979. The molecule has 0 bridgehead atoms. The highest BCUT2D eigenvalue weighted by Gasteiger charge is 2.47. The molecule has 2 spiro atoms. The van der Waals surface area contributed by atoms with Gasteiger partial charge >= 0.3 is 0 Å². The first-order valence-corrected chi connectivity index (χ1v) is 21.8. The Hall–Kier alpha value is -5.45. The SMILES string of the molecule is [C-]#[N+]c1ccc(N2CCC3(CCN(C(=O)c4ccc(N5CCC6(CCN(C7CN(c8ccc9c(c8)C(=O)N(C8CCC(=O)NC8=O)C9=O)C7)CC6)C5)cc4)CC3)C2)cc1Cl. The number of likely N-dealkylation sites (tertiary alicyclic amines) is 2. The molecule has 6 fully saturated rings. The van der Waals surface area contributed by atoms with Crippen LogP contribution in [0.2, 0.25) is 5.02 Å². The number of nitrogens with zero attached hydrogens (tertiary/aromatic N) is 7. The van der Waals surface area contributed by atoms with Crippen LogP contribution in [0.15, 0.2) is 60.7 Å². The molecule has 1 atom stereocenters. The third-order valence-electron chi connectivity index (χ3n) is 14.9. The fourth-order valence-corrected chi connectivity index (χ4v) is 11.2. The van der Waals surface area contributed by atoms with E-state index >= 15 is 0 Å². The van der Waals surface area contributed by atoms with Crippen molar-refractivity contribution in [3.63, 3.8) is 0 Å². The van der Waals surface area contributed by atoms with E-state index in [4.69, 9.17) is 18.2 Å². The number of amides is 5. The lowest BCUT2D eigenvalue weighted by atomic mass is 9.77. The van der Waals surface area contributed by atoms with Gasteiger partial charge in [0.1, 0.15) is 6.04 Å². The molecule has 5 amide bonds. The third-order valence-corrected chi connectivity index (χ3v) is 15.2. The highest BCUT2D eigenvalue weighted by atomic mass is 35.5. The number of fused-ring (bicyclic) bond motifs is 1. The van der Waals surface area contributed by atoms with Crippen molar-refractivity contribution >= 4 is 63.9 Å². The number of piperidine rings is 3. The molecule has 3 aromatic carbocycles. The predicted molar refractivity (Wildman–Crippen MR) is 228 cm³/mol. The van der Waals surface area contributed by atoms with Gasteiger partial charge in [0.05, 0.1) is 17.7 Å². The van der Waals surface area contributed by atoms with E-state index in [2.05, 4.69) is 41.9 Å². The van der Waals surface area contributed by atoms with Crippen LogP contribution < -0.4 is 20.0 Å². The molecule has 0 saturated carbocycles. The summed E-state index contributed by atoms with van der Waals surface area (Å²) in [7, 11) is 0. The van der Waals surface area contributed by atoms with Gasteiger partial charge in [-0.05, 0) is 123 Å². The summed E-state index contributed by atoms with van der Waals surface area (Å²) in [4.78, 5) is 80.5. The molecule has 60 heavy (non-hydrogen) atoms. The first kappa shape index (κ1) is 38.7. The highest BCUT2D eigenvalue weighted by Crippen LogP contribution is 2.45. The van der Waals surface area contributed by atoms with E-state index in [9.17, 15) is 24.0 Å². The van der Waals surface area contributed by atoms with Crippen LogP contribution in [0.3, 0.4) is 0 Å². The van der Waals surface area contributed by atoms with Crippen LogP contribution in [0.4, 0.5) is 22.7 Å². The lowest BCUT2D eigenvalue weighted by Gasteiger charge is -2.50. The normalized spacial score (nSPS) is 24.0. The maximum Gasteiger partial charge on any atom is 0.262 e. The minimum atomic E-state index is -0.965. The van der Waals surface area contributed by atoms with Gasteiger partial charge < -0.3 is 19.6 Å². The number of hydrogen-bond donors (Lipinski definition) is 1. The van der Waals surface area contributed by atoms with Crippen LogP contribution in [0.1, 0.15) is 82.4 Å². The Kier molecular flexibility index (Phi) is 9.63. The Morgan fingerprint density at radius 3 is 1.93 bits per heavy atom. The molecule has 1 N–H and O–H groups in total. The molecule has 14 heteroatoms. The van der Waals surface area contributed by atoms with Crippen LogP contribution in [-0.2, 0) is 9.59 Å². The summed E-state index contributed by atoms with van der Waals surface area (Å²) in [5, 5.41) is 2.75. The number of hydrogen-bond acceptors (Lipinski definition) is 9. The summed E-state index contributed by atoms with van der Waals surface area (Å²) in [6.45, 7) is 16.6. The van der Waals surface area contributed by atoms with E-state index in [0.29, 0.717) is 33.3 Å². The van der Waals surface area contributed by atoms with E-state index < -0.39 is 23.8 Å². The number of rotatable bonds is 6. The number of benzene rings is 3. The quantitative estimate of drug-likeness (QED) is 0.250. The van der Waals surface area contributed by atoms with Gasteiger partial charge in [0.25, 0.3) is 17.7 Å². The number of imide groups is 2. The van der Waals surface area contributed by atoms with E-state index in [1.807, 2.05) is 35.2 Å². The first-order chi connectivity index (χ1) is 29.0. The standard InChI is InChI=1S/C46H49ClN8O5/c1-48-38-9-7-33(25-37(38)47)53-23-17-46(29-53)14-20-51(21-15-46)42(58)30-2-4-31(5-3-30)52-22-16-45(28-52)12-18-50(19-13-45)34-26-54(27-34)32-6-8-35-36(24-32)44(60)55(43(35)59)39-10-11-40(56)49-41(39)57/h2-9,24-25,34,39H,10-23,26-29H2,(H,49,56,57). The number of anilines is 3. The smallest absolute Gasteiger partial charge is 0.262 e. The number of carbonyl (C=O) groups is 5. The lowest BCUT2D eigenvalue weighted by Crippen LogP contribution is -2.61. The Morgan fingerprint density at radius 2 is 1.28 bits per heavy atom. The molecular weight excluding hydrogens is 780 g/mol. The van der Waals surface area contributed by atoms with Gasteiger partial charge in [-0.15, -0.1) is 0 Å². The average molecular weight is 829 g/mol. The van der Waals surface area contributed by atoms with Crippen molar-refractivity contribution in [3.8, 4) is 0 Å². The maximum absolute atomic E-state index is 13.6. The summed E-state index contributed by atoms with van der Waals surface area (Å²) in [6.07, 6.45) is 6.79. The van der Waals surface area contributed by atoms with Crippen LogP contribution in [0.25, 0.3) is 4.85 Å². The fourth-order valence-electron chi connectivity index (χ4n) is 11.0. The van der Waals surface area contributed by atoms with E-state index in [-0.39, 0.29) is 30.1 Å². The Labute approximate surface area is 355 Å². The molecule has 10 rings (SSSR count). The molecule has 310 valence electrons. The third kappa shape index (κ3) is 6.78. The van der Waals surface area contributed by atoms with Crippen molar-refractivity contribution < 1.29 is 24.0 Å². The van der Waals surface area contributed by atoms with Crippen LogP contribution >= 0.6 is 11.6 Å². The summed E-state index contributed by atoms with van der Waals surface area (Å²) < 4.78 is 0. The number of halogens is 1. The summed E-state index contributed by atoms with van der Waals surface area (Å²) >= 11 is 6.34. The molecule has 0 aliphatic carbocycles. The molecule has 0 radical (unpaired) electrons. The van der Waals surface area contributed by atoms with Crippen LogP contribution in [-0.4, -0.2) is 122 Å². The highest BCUT2D eigenvalue weighted by molar-refractivity contribution is 6.33. The zero-order chi connectivity index (χ0) is 41.3. The molecule has 7 aliphatic rings.